The van der Waals surface area contributed by atoms with Gasteiger partial charge >= 0.3 is 0 Å². The topological polar surface area (TPSA) is 24.9 Å². The largest absolute Gasteiger partial charge is 0.457 e. The highest BCUT2D eigenvalue weighted by atomic mass is 16.5. The van der Waals surface area contributed by atoms with Gasteiger partial charge in [0.1, 0.15) is 23.0 Å². The maximum atomic E-state index is 7.58. The third kappa shape index (κ3) is 7.59. The van der Waals surface area contributed by atoms with Gasteiger partial charge in [-0.15, -0.1) is 0 Å². The Balaban J connectivity index is 0.943. The Bertz CT molecular complexity index is 4210. The number of anilines is 6. The summed E-state index contributed by atoms with van der Waals surface area (Å²) in [6.45, 7) is 4.70. The summed E-state index contributed by atoms with van der Waals surface area (Å²) in [5, 5.41) is 0. The summed E-state index contributed by atoms with van der Waals surface area (Å²) in [4.78, 5) is 4.75. The number of ether oxygens (including phenoxy) is 2. The van der Waals surface area contributed by atoms with Gasteiger partial charge in [0.05, 0.1) is 5.41 Å². The smallest absolute Gasteiger partial charge is 0.134 e. The highest BCUT2D eigenvalue weighted by Crippen LogP contribution is 2.63. The summed E-state index contributed by atoms with van der Waals surface area (Å²) in [5.74, 6) is 3.16. The lowest BCUT2D eigenvalue weighted by Crippen LogP contribution is -2.37. The Kier molecular flexibility index (Phi) is 11.1. The predicted molar refractivity (Wildman–Crippen MR) is 328 cm³/mol. The first-order chi connectivity index (χ1) is 39.4. The van der Waals surface area contributed by atoms with Crippen LogP contribution in [0.5, 0.6) is 23.0 Å². The second-order valence-corrected chi connectivity index (χ2v) is 21.6. The van der Waals surface area contributed by atoms with E-state index in [2.05, 4.69) is 315 Å². The molecular weight excluding hydrogens is 973 g/mol. The molecule has 80 heavy (non-hydrogen) atoms. The third-order valence-electron chi connectivity index (χ3n) is 16.8. The molecule has 2 aliphatic heterocycles. The first-order valence-corrected chi connectivity index (χ1v) is 27.6. The van der Waals surface area contributed by atoms with Gasteiger partial charge in [0.2, 0.25) is 0 Å². The maximum absolute atomic E-state index is 7.58. The molecule has 4 nitrogen and oxygen atoms in total. The average molecular weight is 1030 g/mol. The van der Waals surface area contributed by atoms with Crippen molar-refractivity contribution in [3.8, 4) is 67.5 Å². The predicted octanol–water partition coefficient (Wildman–Crippen LogP) is 20.5. The van der Waals surface area contributed by atoms with Crippen LogP contribution in [0.3, 0.4) is 0 Å². The van der Waals surface area contributed by atoms with Crippen LogP contribution in [-0.2, 0) is 10.8 Å². The van der Waals surface area contributed by atoms with E-state index in [4.69, 9.17) is 9.47 Å². The van der Waals surface area contributed by atoms with Gasteiger partial charge in [-0.3, -0.25) is 0 Å². The lowest BCUT2D eigenvalue weighted by Gasteiger charge is -2.45. The van der Waals surface area contributed by atoms with Crippen molar-refractivity contribution in [1.29, 1.82) is 0 Å². The van der Waals surface area contributed by atoms with Gasteiger partial charge in [0.15, 0.2) is 0 Å². The lowest BCUT2D eigenvalue weighted by molar-refractivity contribution is 0.399. The lowest BCUT2D eigenvalue weighted by atomic mass is 9.62. The van der Waals surface area contributed by atoms with Gasteiger partial charge in [0, 0.05) is 73.9 Å². The summed E-state index contributed by atoms with van der Waals surface area (Å²) in [6.07, 6.45) is 0. The van der Waals surface area contributed by atoms with E-state index in [0.717, 1.165) is 107 Å². The molecule has 4 heteroatoms. The first kappa shape index (κ1) is 47.1. The molecule has 0 N–H and O–H groups in total. The summed E-state index contributed by atoms with van der Waals surface area (Å²) in [6, 6.07) is 105. The second-order valence-electron chi connectivity index (χ2n) is 21.6. The molecule has 0 saturated heterocycles. The molecule has 1 spiro atoms. The number of para-hydroxylation sites is 2. The molecule has 0 amide bonds. The number of hydrogen-bond donors (Lipinski definition) is 0. The van der Waals surface area contributed by atoms with Crippen LogP contribution in [-0.4, -0.2) is 0 Å². The number of benzene rings is 12. The molecule has 0 fully saturated rings. The van der Waals surface area contributed by atoms with Crippen LogP contribution in [0, 0.1) is 0 Å². The standard InChI is InChI=1S/C76H54N2O2/c1-75(2)65-31-13-12-30-63(65)64-43-40-60(48-70(64)75)77(57-38-36-54(37-39-57)51-20-6-3-7-21-51)61-41-44-68-73(49-61)80-74-50-62(42-45-69(74)76(68)66-32-14-16-34-71(66)79-72-35-17-15-33-67(72)76)78(58-28-18-26-55(46-58)52-22-8-4-9-23-52)59-29-19-27-56(47-59)53-24-10-5-11-25-53/h3-50H,1-2H3. The minimum absolute atomic E-state index is 0.193. The van der Waals surface area contributed by atoms with Crippen molar-refractivity contribution in [3.63, 3.8) is 0 Å². The molecule has 3 aliphatic rings. The minimum atomic E-state index is -0.817. The molecule has 0 bridgehead atoms. The van der Waals surface area contributed by atoms with Crippen LogP contribution in [0.2, 0.25) is 0 Å². The zero-order valence-corrected chi connectivity index (χ0v) is 44.4. The van der Waals surface area contributed by atoms with Gasteiger partial charge in [-0.2, -0.15) is 0 Å². The number of rotatable bonds is 9. The van der Waals surface area contributed by atoms with Crippen molar-refractivity contribution in [3.05, 3.63) is 325 Å². The molecule has 0 unspecified atom stereocenters. The van der Waals surface area contributed by atoms with Crippen molar-refractivity contribution in [1.82, 2.24) is 0 Å². The molecule has 12 aromatic rings. The fourth-order valence-electron chi connectivity index (χ4n) is 13.0. The monoisotopic (exact) mass is 1030 g/mol. The number of fused-ring (bicyclic) bond motifs is 11. The fourth-order valence-corrected chi connectivity index (χ4v) is 13.0. The summed E-state index contributed by atoms with van der Waals surface area (Å²) < 4.78 is 14.4. The molecule has 0 radical (unpaired) electrons. The maximum Gasteiger partial charge on any atom is 0.134 e. The van der Waals surface area contributed by atoms with Crippen LogP contribution in [0.1, 0.15) is 47.2 Å². The first-order valence-electron chi connectivity index (χ1n) is 27.6. The van der Waals surface area contributed by atoms with Crippen LogP contribution in [0.15, 0.2) is 291 Å². The highest BCUT2D eigenvalue weighted by molar-refractivity contribution is 5.89. The SMILES string of the molecule is CC1(C)c2ccccc2-c2ccc(N(c3ccc(-c4ccccc4)cc3)c3ccc4c(c3)Oc3cc(N(c5cccc(-c6ccccc6)c5)c5cccc(-c6ccccc6)c5)ccc3C43c4ccccc4Oc4ccccc43)cc21. The van der Waals surface area contributed by atoms with E-state index in [1.54, 1.807) is 0 Å². The van der Waals surface area contributed by atoms with E-state index in [-0.39, 0.29) is 5.41 Å². The van der Waals surface area contributed by atoms with Gasteiger partial charge in [-0.05, 0) is 128 Å². The van der Waals surface area contributed by atoms with Gasteiger partial charge < -0.3 is 19.3 Å². The Morgan fingerprint density at radius 2 is 0.600 bits per heavy atom. The van der Waals surface area contributed by atoms with Crippen molar-refractivity contribution in [2.75, 3.05) is 9.80 Å². The quantitative estimate of drug-likeness (QED) is 0.144. The zero-order valence-electron chi connectivity index (χ0n) is 44.4. The Labute approximate surface area is 467 Å². The fraction of sp³-hybridized carbons (Fsp3) is 0.0526. The molecule has 1 aliphatic carbocycles. The molecule has 0 saturated carbocycles. The summed E-state index contributed by atoms with van der Waals surface area (Å²) in [7, 11) is 0. The molecule has 15 rings (SSSR count). The number of nitrogens with zero attached hydrogens (tertiary/aromatic N) is 2. The van der Waals surface area contributed by atoms with E-state index in [0.29, 0.717) is 0 Å². The van der Waals surface area contributed by atoms with Crippen molar-refractivity contribution in [2.45, 2.75) is 24.7 Å². The van der Waals surface area contributed by atoms with E-state index >= 15 is 0 Å². The zero-order chi connectivity index (χ0) is 53.4. The summed E-state index contributed by atoms with van der Waals surface area (Å²) in [5.41, 5.74) is 21.4. The molecule has 0 aromatic heterocycles. The van der Waals surface area contributed by atoms with Crippen LogP contribution >= 0.6 is 0 Å². The third-order valence-corrected chi connectivity index (χ3v) is 16.8. The van der Waals surface area contributed by atoms with E-state index in [1.165, 1.54) is 27.8 Å². The van der Waals surface area contributed by atoms with Crippen LogP contribution < -0.4 is 19.3 Å². The summed E-state index contributed by atoms with van der Waals surface area (Å²) >= 11 is 0. The van der Waals surface area contributed by atoms with Gasteiger partial charge in [-0.25, -0.2) is 0 Å². The average Bonchev–Trinajstić information content (AvgIpc) is 3.89. The van der Waals surface area contributed by atoms with Crippen molar-refractivity contribution < 1.29 is 9.47 Å². The van der Waals surface area contributed by atoms with Crippen LogP contribution in [0.25, 0.3) is 44.5 Å². The Hall–Kier alpha value is -10.2. The molecular formula is C76H54N2O2. The van der Waals surface area contributed by atoms with Gasteiger partial charge in [0.25, 0.3) is 0 Å². The highest BCUT2D eigenvalue weighted by Gasteiger charge is 2.51. The van der Waals surface area contributed by atoms with Gasteiger partial charge in [-0.1, -0.05) is 220 Å². The molecule has 2 heterocycles. The Morgan fingerprint density at radius 1 is 0.237 bits per heavy atom. The van der Waals surface area contributed by atoms with E-state index in [1.807, 2.05) is 0 Å². The minimum Gasteiger partial charge on any atom is -0.457 e. The van der Waals surface area contributed by atoms with Crippen LogP contribution in [0.4, 0.5) is 34.1 Å². The number of hydrogen-bond acceptors (Lipinski definition) is 4. The second kappa shape index (κ2) is 18.8. The van der Waals surface area contributed by atoms with Crippen molar-refractivity contribution in [2.24, 2.45) is 0 Å². The van der Waals surface area contributed by atoms with Crippen molar-refractivity contribution >= 4 is 34.1 Å². The van der Waals surface area contributed by atoms with E-state index < -0.39 is 5.41 Å². The molecule has 0 atom stereocenters. The Morgan fingerprint density at radius 3 is 1.15 bits per heavy atom. The molecule has 380 valence electrons. The molecule has 12 aromatic carbocycles. The van der Waals surface area contributed by atoms with E-state index in [9.17, 15) is 0 Å². The normalized spacial score (nSPS) is 13.5.